The van der Waals surface area contributed by atoms with Crippen LogP contribution >= 0.6 is 0 Å². The second-order valence-electron chi connectivity index (χ2n) is 4.91. The Kier molecular flexibility index (Phi) is 4.21. The highest BCUT2D eigenvalue weighted by molar-refractivity contribution is 5.97. The molecule has 1 aliphatic heterocycles. The maximum atomic E-state index is 12.1. The molecular formula is C18H16O4. The van der Waals surface area contributed by atoms with Crippen LogP contribution in [-0.2, 0) is 6.61 Å². The van der Waals surface area contributed by atoms with Crippen molar-refractivity contribution in [2.75, 3.05) is 13.2 Å². The van der Waals surface area contributed by atoms with Crippen LogP contribution in [0.4, 0.5) is 0 Å². The lowest BCUT2D eigenvalue weighted by molar-refractivity contribution is 0.0919. The summed E-state index contributed by atoms with van der Waals surface area (Å²) in [6.07, 6.45) is 3.76. The molecule has 22 heavy (non-hydrogen) atoms. The van der Waals surface area contributed by atoms with Crippen molar-refractivity contribution in [1.29, 1.82) is 0 Å². The summed E-state index contributed by atoms with van der Waals surface area (Å²) >= 11 is 0. The summed E-state index contributed by atoms with van der Waals surface area (Å²) in [5.74, 6) is 1.09. The maximum Gasteiger partial charge on any atom is 0.200 e. The number of hydrogen-bond donors (Lipinski definition) is 1. The largest absolute Gasteiger partial charge is 0.489 e. The molecule has 2 aromatic carbocycles. The zero-order chi connectivity index (χ0) is 15.4. The number of benzene rings is 2. The summed E-state index contributed by atoms with van der Waals surface area (Å²) in [5, 5.41) is 9.47. The molecule has 3 rings (SSSR count). The van der Waals surface area contributed by atoms with Gasteiger partial charge in [-0.15, -0.1) is 0 Å². The van der Waals surface area contributed by atoms with Gasteiger partial charge in [0.05, 0.1) is 12.2 Å². The van der Waals surface area contributed by atoms with E-state index in [1.54, 1.807) is 24.3 Å². The molecule has 0 bridgehead atoms. The Morgan fingerprint density at radius 3 is 2.77 bits per heavy atom. The standard InChI is InChI=1S/C18H16O4/c19-11-14-8-9-17-15(7-4-10-21-17)18(14)22-12-16(20)13-5-2-1-3-6-13/h1-9,19H,10-12H2. The minimum Gasteiger partial charge on any atom is -0.489 e. The summed E-state index contributed by atoms with van der Waals surface area (Å²) in [4.78, 5) is 12.1. The van der Waals surface area contributed by atoms with Crippen molar-refractivity contribution >= 4 is 11.9 Å². The van der Waals surface area contributed by atoms with E-state index in [9.17, 15) is 9.90 Å². The van der Waals surface area contributed by atoms with Crippen molar-refractivity contribution in [2.45, 2.75) is 6.61 Å². The monoisotopic (exact) mass is 296 g/mol. The molecule has 0 atom stereocenters. The predicted molar refractivity (Wildman–Crippen MR) is 83.2 cm³/mol. The molecule has 0 radical (unpaired) electrons. The lowest BCUT2D eigenvalue weighted by atomic mass is 10.1. The number of aliphatic hydroxyl groups excluding tert-OH is 1. The number of carbonyl (C=O) groups excluding carboxylic acids is 1. The van der Waals surface area contributed by atoms with E-state index in [1.807, 2.05) is 30.4 Å². The van der Waals surface area contributed by atoms with E-state index in [0.717, 1.165) is 5.56 Å². The van der Waals surface area contributed by atoms with Crippen LogP contribution in [-0.4, -0.2) is 24.1 Å². The number of Topliss-reactive ketones (excluding diaryl/α,β-unsaturated/α-hetero) is 1. The van der Waals surface area contributed by atoms with Crippen molar-refractivity contribution in [1.82, 2.24) is 0 Å². The van der Waals surface area contributed by atoms with Gasteiger partial charge in [-0.1, -0.05) is 30.3 Å². The van der Waals surface area contributed by atoms with Crippen molar-refractivity contribution in [2.24, 2.45) is 0 Å². The average Bonchev–Trinajstić information content (AvgIpc) is 2.60. The fraction of sp³-hybridized carbons (Fsp3) is 0.167. The second-order valence-corrected chi connectivity index (χ2v) is 4.91. The first-order valence-electron chi connectivity index (χ1n) is 7.06. The van der Waals surface area contributed by atoms with Gasteiger partial charge in [-0.3, -0.25) is 4.79 Å². The van der Waals surface area contributed by atoms with Crippen molar-refractivity contribution in [3.8, 4) is 11.5 Å². The van der Waals surface area contributed by atoms with Crippen molar-refractivity contribution < 1.29 is 19.4 Å². The predicted octanol–water partition coefficient (Wildman–Crippen LogP) is 2.85. The summed E-state index contributed by atoms with van der Waals surface area (Å²) in [7, 11) is 0. The van der Waals surface area contributed by atoms with Crippen LogP contribution < -0.4 is 9.47 Å². The second kappa shape index (κ2) is 6.45. The quantitative estimate of drug-likeness (QED) is 0.862. The van der Waals surface area contributed by atoms with E-state index >= 15 is 0 Å². The van der Waals surface area contributed by atoms with Gasteiger partial charge < -0.3 is 14.6 Å². The molecule has 1 heterocycles. The summed E-state index contributed by atoms with van der Waals surface area (Å²) in [6, 6.07) is 12.5. The number of fused-ring (bicyclic) bond motifs is 1. The molecule has 0 spiro atoms. The SMILES string of the molecule is O=C(COc1c(CO)ccc2c1C=CCO2)c1ccccc1. The van der Waals surface area contributed by atoms with E-state index in [4.69, 9.17) is 9.47 Å². The highest BCUT2D eigenvalue weighted by Crippen LogP contribution is 2.35. The van der Waals surface area contributed by atoms with Gasteiger partial charge in [0.25, 0.3) is 0 Å². The molecule has 0 aromatic heterocycles. The topological polar surface area (TPSA) is 55.8 Å². The number of aliphatic hydroxyl groups is 1. The minimum absolute atomic E-state index is 0.0820. The number of ether oxygens (including phenoxy) is 2. The molecule has 1 N–H and O–H groups in total. The zero-order valence-corrected chi connectivity index (χ0v) is 12.0. The first-order chi connectivity index (χ1) is 10.8. The Morgan fingerprint density at radius 1 is 1.18 bits per heavy atom. The number of ketones is 1. The minimum atomic E-state index is -0.157. The van der Waals surface area contributed by atoms with Crippen LogP contribution in [0, 0.1) is 0 Å². The Balaban J connectivity index is 1.83. The van der Waals surface area contributed by atoms with E-state index in [1.165, 1.54) is 0 Å². The zero-order valence-electron chi connectivity index (χ0n) is 12.0. The van der Waals surface area contributed by atoms with E-state index in [2.05, 4.69) is 0 Å². The summed E-state index contributed by atoms with van der Waals surface area (Å²) in [6.45, 7) is 0.269. The van der Waals surface area contributed by atoms with Crippen LogP contribution in [0.25, 0.3) is 6.08 Å². The van der Waals surface area contributed by atoms with Crippen LogP contribution in [0.2, 0.25) is 0 Å². The Bertz CT molecular complexity index is 705. The Labute approximate surface area is 128 Å². The Morgan fingerprint density at radius 2 is 2.00 bits per heavy atom. The van der Waals surface area contributed by atoms with Crippen LogP contribution in [0.3, 0.4) is 0 Å². The lowest BCUT2D eigenvalue weighted by Crippen LogP contribution is -2.14. The van der Waals surface area contributed by atoms with Gasteiger partial charge in [0.15, 0.2) is 12.4 Å². The molecule has 4 heteroatoms. The van der Waals surface area contributed by atoms with Crippen molar-refractivity contribution in [3.63, 3.8) is 0 Å². The molecule has 0 amide bonds. The first-order valence-corrected chi connectivity index (χ1v) is 7.06. The molecule has 0 saturated heterocycles. The average molecular weight is 296 g/mol. The molecule has 112 valence electrons. The van der Waals surface area contributed by atoms with E-state index < -0.39 is 0 Å². The third-order valence-electron chi connectivity index (χ3n) is 3.47. The Hall–Kier alpha value is -2.59. The van der Waals surface area contributed by atoms with Crippen LogP contribution in [0.5, 0.6) is 11.5 Å². The van der Waals surface area contributed by atoms with E-state index in [-0.39, 0.29) is 19.0 Å². The molecule has 1 aliphatic rings. The number of hydrogen-bond acceptors (Lipinski definition) is 4. The first kappa shape index (κ1) is 14.4. The van der Waals surface area contributed by atoms with Gasteiger partial charge in [0.1, 0.15) is 18.1 Å². The van der Waals surface area contributed by atoms with Gasteiger partial charge in [-0.25, -0.2) is 0 Å². The summed E-state index contributed by atoms with van der Waals surface area (Å²) in [5.41, 5.74) is 2.00. The fourth-order valence-electron chi connectivity index (χ4n) is 2.35. The molecular weight excluding hydrogens is 280 g/mol. The normalized spacial score (nSPS) is 12.4. The maximum absolute atomic E-state index is 12.1. The van der Waals surface area contributed by atoms with Crippen molar-refractivity contribution in [3.05, 3.63) is 65.2 Å². The molecule has 2 aromatic rings. The molecule has 0 fully saturated rings. The molecule has 0 saturated carbocycles. The summed E-state index contributed by atoms with van der Waals surface area (Å²) < 4.78 is 11.2. The molecule has 0 unspecified atom stereocenters. The highest BCUT2D eigenvalue weighted by Gasteiger charge is 2.17. The van der Waals surface area contributed by atoms with E-state index in [0.29, 0.717) is 29.2 Å². The van der Waals surface area contributed by atoms with Gasteiger partial charge in [0.2, 0.25) is 0 Å². The van der Waals surface area contributed by atoms with Gasteiger partial charge in [-0.2, -0.15) is 0 Å². The lowest BCUT2D eigenvalue weighted by Gasteiger charge is -2.18. The smallest absolute Gasteiger partial charge is 0.200 e. The van der Waals surface area contributed by atoms with Gasteiger partial charge in [0, 0.05) is 11.1 Å². The number of rotatable bonds is 5. The van der Waals surface area contributed by atoms with Crippen LogP contribution in [0.15, 0.2) is 48.5 Å². The van der Waals surface area contributed by atoms with Gasteiger partial charge in [-0.05, 0) is 24.3 Å². The molecule has 0 aliphatic carbocycles. The highest BCUT2D eigenvalue weighted by atomic mass is 16.5. The number of carbonyl (C=O) groups is 1. The fourth-order valence-corrected chi connectivity index (χ4v) is 2.35. The third kappa shape index (κ3) is 2.87. The third-order valence-corrected chi connectivity index (χ3v) is 3.47. The van der Waals surface area contributed by atoms with Gasteiger partial charge >= 0.3 is 0 Å². The molecule has 4 nitrogen and oxygen atoms in total. The van der Waals surface area contributed by atoms with Crippen LogP contribution in [0.1, 0.15) is 21.5 Å².